The summed E-state index contributed by atoms with van der Waals surface area (Å²) >= 11 is 0. The van der Waals surface area contributed by atoms with Gasteiger partial charge in [-0.15, -0.1) is 15.3 Å². The molecule has 3 aromatic rings. The molecule has 1 atom stereocenters. The number of fused-ring (bicyclic) bond motifs is 1. The molecule has 0 bridgehead atoms. The Morgan fingerprint density at radius 1 is 1.14 bits per heavy atom. The molecule has 6 heteroatoms. The molecule has 6 nitrogen and oxygen atoms in total. The van der Waals surface area contributed by atoms with E-state index >= 15 is 0 Å². The van der Waals surface area contributed by atoms with Crippen molar-refractivity contribution in [2.24, 2.45) is 5.92 Å². The summed E-state index contributed by atoms with van der Waals surface area (Å²) in [5.74, 6) is 1.50. The summed E-state index contributed by atoms with van der Waals surface area (Å²) in [5.41, 5.74) is 2.08. The van der Waals surface area contributed by atoms with Gasteiger partial charge in [-0.3, -0.25) is 0 Å². The zero-order chi connectivity index (χ0) is 14.8. The van der Waals surface area contributed by atoms with E-state index in [0.717, 1.165) is 31.1 Å². The van der Waals surface area contributed by atoms with Gasteiger partial charge in [-0.2, -0.15) is 4.52 Å². The quantitative estimate of drug-likeness (QED) is 0.798. The SMILES string of the molecule is c1ccc(N2CCC(CNc3ccc4nncn4n3)C2)cc1. The van der Waals surface area contributed by atoms with Gasteiger partial charge in [0.25, 0.3) is 0 Å². The van der Waals surface area contributed by atoms with Crippen molar-refractivity contribution < 1.29 is 0 Å². The minimum absolute atomic E-state index is 0.638. The van der Waals surface area contributed by atoms with Crippen molar-refractivity contribution >= 4 is 17.2 Å². The van der Waals surface area contributed by atoms with Crippen LogP contribution in [0.2, 0.25) is 0 Å². The molecule has 1 aliphatic heterocycles. The summed E-state index contributed by atoms with van der Waals surface area (Å²) in [7, 11) is 0. The van der Waals surface area contributed by atoms with Crippen LogP contribution in [0.25, 0.3) is 5.65 Å². The molecule has 4 rings (SSSR count). The number of nitrogens with zero attached hydrogens (tertiary/aromatic N) is 5. The molecule has 1 aliphatic rings. The molecule has 0 aliphatic carbocycles. The molecule has 1 N–H and O–H groups in total. The number of para-hydroxylation sites is 1. The van der Waals surface area contributed by atoms with Crippen LogP contribution in [0, 0.1) is 5.92 Å². The Morgan fingerprint density at radius 2 is 2.05 bits per heavy atom. The molecule has 0 amide bonds. The normalized spacial score (nSPS) is 18.0. The molecule has 112 valence electrons. The van der Waals surface area contributed by atoms with Crippen LogP contribution in [-0.4, -0.2) is 39.4 Å². The Hall–Kier alpha value is -2.63. The Kier molecular flexibility index (Phi) is 3.34. The standard InChI is InChI=1S/C16H18N6/c1-2-4-14(5-3-1)21-9-8-13(11-21)10-17-15-6-7-16-19-18-12-22(16)20-15/h1-7,12-13H,8-11H2,(H,17,20). The molecule has 22 heavy (non-hydrogen) atoms. The second-order valence-electron chi connectivity index (χ2n) is 5.67. The topological polar surface area (TPSA) is 58.3 Å². The third-order valence-corrected chi connectivity index (χ3v) is 4.14. The Labute approximate surface area is 128 Å². The number of anilines is 2. The Balaban J connectivity index is 1.36. The van der Waals surface area contributed by atoms with Crippen LogP contribution in [0.1, 0.15) is 6.42 Å². The minimum atomic E-state index is 0.638. The molecular formula is C16H18N6. The molecular weight excluding hydrogens is 276 g/mol. The monoisotopic (exact) mass is 294 g/mol. The zero-order valence-electron chi connectivity index (χ0n) is 12.3. The lowest BCUT2D eigenvalue weighted by Crippen LogP contribution is -2.22. The number of aromatic nitrogens is 4. The first-order valence-electron chi connectivity index (χ1n) is 7.59. The molecule has 1 unspecified atom stereocenters. The van der Waals surface area contributed by atoms with E-state index in [9.17, 15) is 0 Å². The third-order valence-electron chi connectivity index (χ3n) is 4.14. The van der Waals surface area contributed by atoms with E-state index in [1.54, 1.807) is 10.8 Å². The van der Waals surface area contributed by atoms with Crippen molar-refractivity contribution in [1.29, 1.82) is 0 Å². The van der Waals surface area contributed by atoms with Crippen LogP contribution in [0.5, 0.6) is 0 Å². The number of rotatable bonds is 4. The highest BCUT2D eigenvalue weighted by Gasteiger charge is 2.22. The van der Waals surface area contributed by atoms with Crippen molar-refractivity contribution in [3.05, 3.63) is 48.8 Å². The third kappa shape index (κ3) is 2.59. The maximum absolute atomic E-state index is 4.44. The van der Waals surface area contributed by atoms with E-state index in [-0.39, 0.29) is 0 Å². The van der Waals surface area contributed by atoms with Crippen LogP contribution in [0.4, 0.5) is 11.5 Å². The van der Waals surface area contributed by atoms with Crippen molar-refractivity contribution in [3.63, 3.8) is 0 Å². The van der Waals surface area contributed by atoms with Crippen LogP contribution in [0.15, 0.2) is 48.8 Å². The second-order valence-corrected chi connectivity index (χ2v) is 5.67. The highest BCUT2D eigenvalue weighted by atomic mass is 15.4. The first-order chi connectivity index (χ1) is 10.9. The minimum Gasteiger partial charge on any atom is -0.371 e. The van der Waals surface area contributed by atoms with Crippen molar-refractivity contribution in [2.75, 3.05) is 29.9 Å². The summed E-state index contributed by atoms with van der Waals surface area (Å²) in [5, 5.41) is 15.7. The van der Waals surface area contributed by atoms with E-state index in [0.29, 0.717) is 5.92 Å². The molecule has 1 fully saturated rings. The van der Waals surface area contributed by atoms with Gasteiger partial charge in [0.15, 0.2) is 5.65 Å². The van der Waals surface area contributed by atoms with Gasteiger partial charge in [-0.25, -0.2) is 0 Å². The second kappa shape index (κ2) is 5.63. The molecule has 0 spiro atoms. The fraction of sp³-hybridized carbons (Fsp3) is 0.312. The van der Waals surface area contributed by atoms with Crippen LogP contribution in [0.3, 0.4) is 0 Å². The molecule has 3 heterocycles. The van der Waals surface area contributed by atoms with Gasteiger partial charge in [0, 0.05) is 25.3 Å². The molecule has 2 aromatic heterocycles. The average molecular weight is 294 g/mol. The predicted molar refractivity (Wildman–Crippen MR) is 86.0 cm³/mol. The van der Waals surface area contributed by atoms with Crippen LogP contribution >= 0.6 is 0 Å². The summed E-state index contributed by atoms with van der Waals surface area (Å²) < 4.78 is 1.69. The van der Waals surface area contributed by atoms with Gasteiger partial charge in [0.05, 0.1) is 0 Å². The van der Waals surface area contributed by atoms with E-state index < -0.39 is 0 Å². The average Bonchev–Trinajstić information content (AvgIpc) is 3.22. The van der Waals surface area contributed by atoms with Gasteiger partial charge in [-0.05, 0) is 36.6 Å². The number of hydrogen-bond acceptors (Lipinski definition) is 5. The first-order valence-corrected chi connectivity index (χ1v) is 7.59. The van der Waals surface area contributed by atoms with Crippen LogP contribution < -0.4 is 10.2 Å². The summed E-state index contributed by atoms with van der Waals surface area (Å²) in [6, 6.07) is 14.5. The maximum Gasteiger partial charge on any atom is 0.177 e. The summed E-state index contributed by atoms with van der Waals surface area (Å²) in [4.78, 5) is 2.45. The lowest BCUT2D eigenvalue weighted by Gasteiger charge is -2.18. The molecule has 1 saturated heterocycles. The lowest BCUT2D eigenvalue weighted by molar-refractivity contribution is 0.620. The number of nitrogens with one attached hydrogen (secondary N) is 1. The van der Waals surface area contributed by atoms with Crippen molar-refractivity contribution in [1.82, 2.24) is 19.8 Å². The molecule has 1 aromatic carbocycles. The fourth-order valence-corrected chi connectivity index (χ4v) is 2.94. The first kappa shape index (κ1) is 13.1. The number of hydrogen-bond donors (Lipinski definition) is 1. The van der Waals surface area contributed by atoms with E-state index in [1.807, 2.05) is 12.1 Å². The van der Waals surface area contributed by atoms with Gasteiger partial charge in [-0.1, -0.05) is 18.2 Å². The zero-order valence-corrected chi connectivity index (χ0v) is 12.3. The van der Waals surface area contributed by atoms with Crippen LogP contribution in [-0.2, 0) is 0 Å². The Bertz CT molecular complexity index is 753. The summed E-state index contributed by atoms with van der Waals surface area (Å²) in [6.07, 6.45) is 2.82. The summed E-state index contributed by atoms with van der Waals surface area (Å²) in [6.45, 7) is 3.14. The van der Waals surface area contributed by atoms with Gasteiger partial charge in [0.2, 0.25) is 0 Å². The lowest BCUT2D eigenvalue weighted by atomic mass is 10.1. The predicted octanol–water partition coefficient (Wildman–Crippen LogP) is 2.06. The van der Waals surface area contributed by atoms with E-state index in [1.165, 1.54) is 12.1 Å². The number of benzene rings is 1. The van der Waals surface area contributed by atoms with E-state index in [2.05, 4.69) is 55.8 Å². The maximum atomic E-state index is 4.44. The molecule has 0 saturated carbocycles. The largest absolute Gasteiger partial charge is 0.371 e. The highest BCUT2D eigenvalue weighted by Crippen LogP contribution is 2.23. The molecule has 0 radical (unpaired) electrons. The van der Waals surface area contributed by atoms with Crippen molar-refractivity contribution in [2.45, 2.75) is 6.42 Å². The van der Waals surface area contributed by atoms with Gasteiger partial charge < -0.3 is 10.2 Å². The highest BCUT2D eigenvalue weighted by molar-refractivity contribution is 5.47. The fourth-order valence-electron chi connectivity index (χ4n) is 2.94. The van der Waals surface area contributed by atoms with Gasteiger partial charge >= 0.3 is 0 Å². The Morgan fingerprint density at radius 3 is 2.95 bits per heavy atom. The smallest absolute Gasteiger partial charge is 0.177 e. The van der Waals surface area contributed by atoms with E-state index in [4.69, 9.17) is 0 Å². The van der Waals surface area contributed by atoms with Gasteiger partial charge in [0.1, 0.15) is 12.1 Å². The van der Waals surface area contributed by atoms with Crippen molar-refractivity contribution in [3.8, 4) is 0 Å².